The Bertz CT molecular complexity index is 465. The van der Waals surface area contributed by atoms with Crippen LogP contribution in [0.25, 0.3) is 0 Å². The van der Waals surface area contributed by atoms with Gasteiger partial charge in [0.2, 0.25) is 5.91 Å². The van der Waals surface area contributed by atoms with E-state index in [9.17, 15) is 18.0 Å². The van der Waals surface area contributed by atoms with Crippen molar-refractivity contribution in [2.75, 3.05) is 33.2 Å². The predicted octanol–water partition coefficient (Wildman–Crippen LogP) is -0.904. The summed E-state index contributed by atoms with van der Waals surface area (Å²) in [5, 5.41) is 11.5. The zero-order chi connectivity index (χ0) is 15.3. The molecule has 0 radical (unpaired) electrons. The van der Waals surface area contributed by atoms with Crippen LogP contribution in [-0.4, -0.2) is 67.2 Å². The topological polar surface area (TPSA) is 107 Å². The van der Waals surface area contributed by atoms with E-state index >= 15 is 0 Å². The molecule has 1 amide bonds. The second-order valence-electron chi connectivity index (χ2n) is 4.75. The number of likely N-dealkylation sites (N-methyl/N-ethyl adjacent to an activating group) is 2. The van der Waals surface area contributed by atoms with E-state index in [0.717, 1.165) is 8.61 Å². The number of rotatable bonds is 6. The van der Waals surface area contributed by atoms with E-state index in [1.807, 2.05) is 0 Å². The molecule has 0 aliphatic carbocycles. The van der Waals surface area contributed by atoms with Crippen LogP contribution < -0.4 is 5.32 Å². The standard InChI is InChI=1S/C11H21N3O5S/c1-3-12-10(15)8-13(2)20(18,19)14-6-4-5-9(7-14)11(16)17/h9H,3-8H2,1-2H3,(H,12,15)(H,16,17). The molecule has 0 saturated carbocycles. The lowest BCUT2D eigenvalue weighted by Gasteiger charge is -2.32. The van der Waals surface area contributed by atoms with Crippen molar-refractivity contribution in [1.82, 2.24) is 13.9 Å². The number of nitrogens with zero attached hydrogens (tertiary/aromatic N) is 2. The molecule has 1 heterocycles. The van der Waals surface area contributed by atoms with E-state index in [-0.39, 0.29) is 25.5 Å². The molecule has 0 spiro atoms. The second-order valence-corrected chi connectivity index (χ2v) is 6.79. The first kappa shape index (κ1) is 16.9. The highest BCUT2D eigenvalue weighted by atomic mass is 32.2. The van der Waals surface area contributed by atoms with Gasteiger partial charge in [0.1, 0.15) is 0 Å². The Morgan fingerprint density at radius 2 is 2.10 bits per heavy atom. The number of nitrogens with one attached hydrogen (secondary N) is 1. The summed E-state index contributed by atoms with van der Waals surface area (Å²) < 4.78 is 26.6. The Hall–Kier alpha value is -1.19. The molecular weight excluding hydrogens is 286 g/mol. The van der Waals surface area contributed by atoms with E-state index in [0.29, 0.717) is 19.4 Å². The van der Waals surface area contributed by atoms with Crippen LogP contribution in [0.2, 0.25) is 0 Å². The monoisotopic (exact) mass is 307 g/mol. The quantitative estimate of drug-likeness (QED) is 0.661. The normalized spacial score (nSPS) is 20.9. The molecule has 116 valence electrons. The fourth-order valence-corrected chi connectivity index (χ4v) is 3.49. The highest BCUT2D eigenvalue weighted by Gasteiger charge is 2.34. The van der Waals surface area contributed by atoms with Gasteiger partial charge in [0.15, 0.2) is 0 Å². The Morgan fingerprint density at radius 3 is 2.65 bits per heavy atom. The van der Waals surface area contributed by atoms with Crippen molar-refractivity contribution in [3.05, 3.63) is 0 Å². The van der Waals surface area contributed by atoms with Crippen LogP contribution in [0, 0.1) is 5.92 Å². The number of carboxylic acid groups (broad SMARTS) is 1. The number of aliphatic carboxylic acids is 1. The molecule has 9 heteroatoms. The van der Waals surface area contributed by atoms with Crippen LogP contribution >= 0.6 is 0 Å². The molecule has 20 heavy (non-hydrogen) atoms. The molecule has 2 N–H and O–H groups in total. The lowest BCUT2D eigenvalue weighted by atomic mass is 10.0. The van der Waals surface area contributed by atoms with Crippen LogP contribution in [0.15, 0.2) is 0 Å². The molecule has 1 saturated heterocycles. The summed E-state index contributed by atoms with van der Waals surface area (Å²) in [5.74, 6) is -2.06. The summed E-state index contributed by atoms with van der Waals surface area (Å²) in [6, 6.07) is 0. The number of carbonyl (C=O) groups is 2. The molecule has 0 aromatic heterocycles. The van der Waals surface area contributed by atoms with Gasteiger partial charge in [0, 0.05) is 26.7 Å². The highest BCUT2D eigenvalue weighted by molar-refractivity contribution is 7.86. The van der Waals surface area contributed by atoms with Crippen LogP contribution in [0.3, 0.4) is 0 Å². The minimum Gasteiger partial charge on any atom is -0.481 e. The van der Waals surface area contributed by atoms with Gasteiger partial charge in [-0.25, -0.2) is 0 Å². The third-order valence-electron chi connectivity index (χ3n) is 3.19. The maximum atomic E-state index is 12.3. The van der Waals surface area contributed by atoms with Crippen molar-refractivity contribution in [2.24, 2.45) is 5.92 Å². The average Bonchev–Trinajstić information content (AvgIpc) is 2.38. The van der Waals surface area contributed by atoms with Gasteiger partial charge in [-0.3, -0.25) is 9.59 Å². The summed E-state index contributed by atoms with van der Waals surface area (Å²) in [6.45, 7) is 2.14. The third kappa shape index (κ3) is 4.15. The Morgan fingerprint density at radius 1 is 1.45 bits per heavy atom. The van der Waals surface area contributed by atoms with Gasteiger partial charge in [0.25, 0.3) is 10.2 Å². The summed E-state index contributed by atoms with van der Waals surface area (Å²) >= 11 is 0. The van der Waals surface area contributed by atoms with Crippen molar-refractivity contribution in [3.8, 4) is 0 Å². The lowest BCUT2D eigenvalue weighted by Crippen LogP contribution is -2.50. The Labute approximate surface area is 118 Å². The maximum Gasteiger partial charge on any atom is 0.307 e. The SMILES string of the molecule is CCNC(=O)CN(C)S(=O)(=O)N1CCCC(C(=O)O)C1. The Kier molecular flexibility index (Phi) is 5.90. The molecule has 0 aromatic rings. The van der Waals surface area contributed by atoms with Crippen LogP contribution in [0.4, 0.5) is 0 Å². The lowest BCUT2D eigenvalue weighted by molar-refractivity contribution is -0.143. The van der Waals surface area contributed by atoms with E-state index < -0.39 is 22.1 Å². The van der Waals surface area contributed by atoms with E-state index in [1.165, 1.54) is 7.05 Å². The van der Waals surface area contributed by atoms with Crippen LogP contribution in [0.5, 0.6) is 0 Å². The van der Waals surface area contributed by atoms with Crippen LogP contribution in [0.1, 0.15) is 19.8 Å². The molecule has 0 bridgehead atoms. The molecule has 1 atom stereocenters. The molecule has 1 aliphatic heterocycles. The van der Waals surface area contributed by atoms with Crippen LogP contribution in [-0.2, 0) is 19.8 Å². The van der Waals surface area contributed by atoms with Gasteiger partial charge in [-0.1, -0.05) is 0 Å². The molecular formula is C11H21N3O5S. The highest BCUT2D eigenvalue weighted by Crippen LogP contribution is 2.20. The molecule has 1 rings (SSSR count). The first-order chi connectivity index (χ1) is 9.28. The van der Waals surface area contributed by atoms with Gasteiger partial charge < -0.3 is 10.4 Å². The van der Waals surface area contributed by atoms with Crippen molar-refractivity contribution >= 4 is 22.1 Å². The van der Waals surface area contributed by atoms with Crippen molar-refractivity contribution in [1.29, 1.82) is 0 Å². The predicted molar refractivity (Wildman–Crippen MR) is 72.2 cm³/mol. The van der Waals surface area contributed by atoms with Crippen molar-refractivity contribution < 1.29 is 23.1 Å². The second kappa shape index (κ2) is 7.00. The van der Waals surface area contributed by atoms with Gasteiger partial charge in [0.05, 0.1) is 12.5 Å². The van der Waals surface area contributed by atoms with Gasteiger partial charge in [-0.15, -0.1) is 0 Å². The summed E-state index contributed by atoms with van der Waals surface area (Å²) in [6.07, 6.45) is 0.979. The van der Waals surface area contributed by atoms with E-state index in [1.54, 1.807) is 6.92 Å². The molecule has 1 unspecified atom stereocenters. The zero-order valence-corrected chi connectivity index (χ0v) is 12.5. The van der Waals surface area contributed by atoms with E-state index in [2.05, 4.69) is 5.32 Å². The van der Waals surface area contributed by atoms with Gasteiger partial charge in [-0.05, 0) is 19.8 Å². The smallest absolute Gasteiger partial charge is 0.307 e. The minimum absolute atomic E-state index is 0.0442. The van der Waals surface area contributed by atoms with Gasteiger partial charge >= 0.3 is 5.97 Å². The number of hydrogen-bond donors (Lipinski definition) is 2. The maximum absolute atomic E-state index is 12.3. The number of amides is 1. The van der Waals surface area contributed by atoms with E-state index in [4.69, 9.17) is 5.11 Å². The van der Waals surface area contributed by atoms with Gasteiger partial charge in [-0.2, -0.15) is 17.0 Å². The summed E-state index contributed by atoms with van der Waals surface area (Å²) in [5.41, 5.74) is 0. The zero-order valence-electron chi connectivity index (χ0n) is 11.7. The largest absolute Gasteiger partial charge is 0.481 e. The number of piperidine rings is 1. The fourth-order valence-electron chi connectivity index (χ4n) is 2.09. The number of carbonyl (C=O) groups excluding carboxylic acids is 1. The Balaban J connectivity index is 2.72. The average molecular weight is 307 g/mol. The summed E-state index contributed by atoms with van der Waals surface area (Å²) in [7, 11) is -2.48. The number of hydrogen-bond acceptors (Lipinski definition) is 4. The minimum atomic E-state index is -3.80. The third-order valence-corrected chi connectivity index (χ3v) is 5.09. The van der Waals surface area contributed by atoms with Crippen molar-refractivity contribution in [2.45, 2.75) is 19.8 Å². The fraction of sp³-hybridized carbons (Fsp3) is 0.818. The molecule has 1 fully saturated rings. The summed E-state index contributed by atoms with van der Waals surface area (Å²) in [4.78, 5) is 22.4. The molecule has 8 nitrogen and oxygen atoms in total. The van der Waals surface area contributed by atoms with Crippen molar-refractivity contribution in [3.63, 3.8) is 0 Å². The molecule has 0 aromatic carbocycles. The first-order valence-electron chi connectivity index (χ1n) is 6.50. The first-order valence-corrected chi connectivity index (χ1v) is 7.89. The molecule has 1 aliphatic rings. The number of carboxylic acids is 1.